The number of unbranched alkanes of at least 4 members (excludes halogenated alkanes) is 2. The second kappa shape index (κ2) is 8.86. The minimum Gasteiger partial charge on any atom is -0.351 e. The third-order valence-electron chi connectivity index (χ3n) is 5.76. The quantitative estimate of drug-likeness (QED) is 0.728. The molecule has 1 amide bonds. The number of benzene rings is 1. The number of hydrogen-bond acceptors (Lipinski definition) is 5. The van der Waals surface area contributed by atoms with Crippen LogP contribution in [0.5, 0.6) is 0 Å². The molecule has 0 spiro atoms. The van der Waals surface area contributed by atoms with Crippen molar-refractivity contribution in [1.29, 1.82) is 0 Å². The first-order chi connectivity index (χ1) is 14.1. The van der Waals surface area contributed by atoms with Gasteiger partial charge in [-0.15, -0.1) is 10.2 Å². The van der Waals surface area contributed by atoms with Gasteiger partial charge in [-0.05, 0) is 36.6 Å². The van der Waals surface area contributed by atoms with E-state index in [1.54, 1.807) is 0 Å². The van der Waals surface area contributed by atoms with Gasteiger partial charge in [0.15, 0.2) is 11.5 Å². The predicted molar refractivity (Wildman–Crippen MR) is 110 cm³/mol. The molecule has 2 aliphatic rings. The van der Waals surface area contributed by atoms with Gasteiger partial charge in [-0.2, -0.15) is 0 Å². The molecule has 0 aliphatic carbocycles. The number of aromatic nitrogens is 2. The second-order valence-corrected chi connectivity index (χ2v) is 7.95. The van der Waals surface area contributed by atoms with Gasteiger partial charge >= 0.3 is 0 Å². The molecule has 154 valence electrons. The van der Waals surface area contributed by atoms with Crippen molar-refractivity contribution >= 4 is 11.7 Å². The van der Waals surface area contributed by atoms with Crippen molar-refractivity contribution in [3.8, 4) is 0 Å². The zero-order chi connectivity index (χ0) is 20.2. The lowest BCUT2D eigenvalue weighted by Crippen LogP contribution is -2.51. The molecule has 1 N–H and O–H groups in total. The lowest BCUT2D eigenvalue weighted by Gasteiger charge is -2.38. The number of nitrogens with zero attached hydrogens (tertiary/aromatic N) is 4. The lowest BCUT2D eigenvalue weighted by atomic mass is 10.1. The van der Waals surface area contributed by atoms with Crippen molar-refractivity contribution in [1.82, 2.24) is 20.4 Å². The van der Waals surface area contributed by atoms with Crippen molar-refractivity contribution in [3.63, 3.8) is 0 Å². The van der Waals surface area contributed by atoms with Crippen LogP contribution in [0.4, 0.5) is 10.2 Å². The van der Waals surface area contributed by atoms with Gasteiger partial charge in [-0.3, -0.25) is 9.69 Å². The van der Waals surface area contributed by atoms with E-state index < -0.39 is 0 Å². The summed E-state index contributed by atoms with van der Waals surface area (Å²) in [6, 6.07) is 8.98. The smallest absolute Gasteiger partial charge is 0.271 e. The maximum Gasteiger partial charge on any atom is 0.271 e. The number of piperazine rings is 1. The van der Waals surface area contributed by atoms with Crippen molar-refractivity contribution in [2.45, 2.75) is 45.2 Å². The van der Waals surface area contributed by atoms with E-state index in [1.165, 1.54) is 12.1 Å². The van der Waals surface area contributed by atoms with Crippen LogP contribution in [0.3, 0.4) is 0 Å². The van der Waals surface area contributed by atoms with Gasteiger partial charge in [-0.25, -0.2) is 4.39 Å². The van der Waals surface area contributed by atoms with Gasteiger partial charge in [0.25, 0.3) is 5.91 Å². The van der Waals surface area contributed by atoms with Gasteiger partial charge in [0, 0.05) is 44.3 Å². The van der Waals surface area contributed by atoms with Gasteiger partial charge in [0.2, 0.25) is 0 Å². The largest absolute Gasteiger partial charge is 0.351 e. The maximum atomic E-state index is 13.1. The Morgan fingerprint density at radius 3 is 2.83 bits per heavy atom. The second-order valence-electron chi connectivity index (χ2n) is 7.95. The zero-order valence-electron chi connectivity index (χ0n) is 16.9. The summed E-state index contributed by atoms with van der Waals surface area (Å²) in [7, 11) is 0. The normalized spacial score (nSPS) is 18.4. The van der Waals surface area contributed by atoms with Crippen LogP contribution < -0.4 is 10.2 Å². The van der Waals surface area contributed by atoms with Crippen molar-refractivity contribution in [2.75, 3.05) is 31.1 Å². The fourth-order valence-electron chi connectivity index (χ4n) is 4.21. The molecule has 6 nitrogen and oxygen atoms in total. The molecule has 1 aromatic heterocycles. The molecule has 1 saturated heterocycles. The summed E-state index contributed by atoms with van der Waals surface area (Å²) in [6.07, 6.45) is 4.10. The third-order valence-corrected chi connectivity index (χ3v) is 5.76. The molecule has 2 aromatic rings. The molecule has 4 rings (SSSR count). The highest BCUT2D eigenvalue weighted by molar-refractivity contribution is 5.92. The number of fused-ring (bicyclic) bond motifs is 3. The molecule has 29 heavy (non-hydrogen) atoms. The Bertz CT molecular complexity index is 857. The Labute approximate surface area is 171 Å². The van der Waals surface area contributed by atoms with Crippen LogP contribution in [-0.4, -0.2) is 53.2 Å². The summed E-state index contributed by atoms with van der Waals surface area (Å²) in [6.45, 7) is 6.37. The lowest BCUT2D eigenvalue weighted by molar-refractivity contribution is 0.0947. The van der Waals surface area contributed by atoms with E-state index in [4.69, 9.17) is 0 Å². The average molecular weight is 397 g/mol. The molecule has 1 aromatic carbocycles. The molecule has 0 radical (unpaired) electrons. The summed E-state index contributed by atoms with van der Waals surface area (Å²) in [5.74, 6) is 0.576. The van der Waals surface area contributed by atoms with Gasteiger partial charge in [-0.1, -0.05) is 31.9 Å². The maximum absolute atomic E-state index is 13.1. The minimum atomic E-state index is -0.200. The molecule has 1 unspecified atom stereocenters. The van der Waals surface area contributed by atoms with E-state index in [1.807, 2.05) is 18.2 Å². The minimum absolute atomic E-state index is 0.140. The fraction of sp³-hybridized carbons (Fsp3) is 0.500. The molecule has 2 aliphatic heterocycles. The SMILES string of the molecule is CCCCCNC(=O)c1cc2c(nn1)N1CCN(Cc3ccc(F)cc3)CC1C2. The van der Waals surface area contributed by atoms with Crippen LogP contribution in [0.2, 0.25) is 0 Å². The highest BCUT2D eigenvalue weighted by Gasteiger charge is 2.36. The first kappa shape index (κ1) is 19.8. The number of halogens is 1. The predicted octanol–water partition coefficient (Wildman–Crippen LogP) is 2.78. The number of hydrogen-bond donors (Lipinski definition) is 1. The molecule has 3 heterocycles. The van der Waals surface area contributed by atoms with E-state index in [0.29, 0.717) is 18.3 Å². The van der Waals surface area contributed by atoms with Crippen LogP contribution in [0.25, 0.3) is 0 Å². The molecule has 7 heteroatoms. The van der Waals surface area contributed by atoms with E-state index in [0.717, 1.165) is 68.8 Å². The number of amides is 1. The topological polar surface area (TPSA) is 61.4 Å². The average Bonchev–Trinajstić information content (AvgIpc) is 3.09. The molecular weight excluding hydrogens is 369 g/mol. The van der Waals surface area contributed by atoms with Crippen LogP contribution in [-0.2, 0) is 13.0 Å². The number of anilines is 1. The fourth-order valence-corrected chi connectivity index (χ4v) is 4.21. The number of rotatable bonds is 7. The summed E-state index contributed by atoms with van der Waals surface area (Å²) in [5, 5.41) is 11.5. The van der Waals surface area contributed by atoms with Crippen molar-refractivity contribution < 1.29 is 9.18 Å². The van der Waals surface area contributed by atoms with Crippen molar-refractivity contribution in [2.24, 2.45) is 0 Å². The van der Waals surface area contributed by atoms with Gasteiger partial charge < -0.3 is 10.2 Å². The van der Waals surface area contributed by atoms with Gasteiger partial charge in [0.1, 0.15) is 5.82 Å². The summed E-state index contributed by atoms with van der Waals surface area (Å²) >= 11 is 0. The van der Waals surface area contributed by atoms with Crippen LogP contribution in [0, 0.1) is 5.82 Å². The van der Waals surface area contributed by atoms with E-state index in [2.05, 4.69) is 32.2 Å². The first-order valence-corrected chi connectivity index (χ1v) is 10.5. The van der Waals surface area contributed by atoms with E-state index in [-0.39, 0.29) is 11.7 Å². The highest BCUT2D eigenvalue weighted by Crippen LogP contribution is 2.32. The third kappa shape index (κ3) is 4.56. The molecule has 0 bridgehead atoms. The molecule has 1 atom stereocenters. The van der Waals surface area contributed by atoms with Crippen LogP contribution in [0.1, 0.15) is 47.8 Å². The summed E-state index contributed by atoms with van der Waals surface area (Å²) in [5.41, 5.74) is 2.63. The summed E-state index contributed by atoms with van der Waals surface area (Å²) in [4.78, 5) is 17.0. The Morgan fingerprint density at radius 1 is 1.21 bits per heavy atom. The standard InChI is InChI=1S/C22H28FN5O/c1-2-3-4-9-24-22(29)20-13-17-12-19-15-27(10-11-28(19)21(17)26-25-20)14-16-5-7-18(23)8-6-16/h5-8,13,19H,2-4,9-12,14-15H2,1H3,(H,24,29). The highest BCUT2D eigenvalue weighted by atomic mass is 19.1. The Kier molecular flexibility index (Phi) is 6.04. The number of carbonyl (C=O) groups is 1. The number of carbonyl (C=O) groups excluding carboxylic acids is 1. The Morgan fingerprint density at radius 2 is 2.03 bits per heavy atom. The molecule has 1 fully saturated rings. The van der Waals surface area contributed by atoms with Crippen molar-refractivity contribution in [3.05, 3.63) is 53.0 Å². The summed E-state index contributed by atoms with van der Waals surface area (Å²) < 4.78 is 13.1. The van der Waals surface area contributed by atoms with E-state index in [9.17, 15) is 9.18 Å². The van der Waals surface area contributed by atoms with Crippen LogP contribution in [0.15, 0.2) is 30.3 Å². The monoisotopic (exact) mass is 397 g/mol. The Balaban J connectivity index is 1.36. The van der Waals surface area contributed by atoms with Crippen LogP contribution >= 0.6 is 0 Å². The zero-order valence-corrected chi connectivity index (χ0v) is 16.9. The van der Waals surface area contributed by atoms with Gasteiger partial charge in [0.05, 0.1) is 0 Å². The molecule has 0 saturated carbocycles. The van der Waals surface area contributed by atoms with E-state index >= 15 is 0 Å². The Hall–Kier alpha value is -2.54. The first-order valence-electron chi connectivity index (χ1n) is 10.5. The number of nitrogens with one attached hydrogen (secondary N) is 1. The molecular formula is C22H28FN5O.